The fourth-order valence-electron chi connectivity index (χ4n) is 4.95. The molecule has 0 saturated carbocycles. The van der Waals surface area contributed by atoms with E-state index >= 15 is 0 Å². The molecule has 0 aliphatic rings. The molecule has 0 aromatic heterocycles. The molecule has 0 aliphatic heterocycles. The van der Waals surface area contributed by atoms with Crippen LogP contribution in [-0.2, 0) is 15.1 Å². The van der Waals surface area contributed by atoms with Crippen LogP contribution in [0, 0.1) is 0 Å². The highest BCUT2D eigenvalue weighted by Gasteiger charge is 1.96. The molecule has 0 rings (SSSR count). The molecule has 0 unspecified atom stereocenters. The van der Waals surface area contributed by atoms with E-state index in [9.17, 15) is 0 Å². The van der Waals surface area contributed by atoms with Crippen LogP contribution in [0.3, 0.4) is 0 Å². The standard InChI is InChI=1S/C34H68O.H2O4S/c1-3-5-7-9-11-13-15-17-19-20-22-24-26-28-30-32-34-35-33-31-29-27-25-23-21-18-16-14-12-10-8-6-4-2;1-5(2,3)4/h17,19H,3-16,18,20-34H2,1-2H3;(H2,1,2,3,4)/b19-17-;. The summed E-state index contributed by atoms with van der Waals surface area (Å²) in [5, 5.41) is 0. The summed E-state index contributed by atoms with van der Waals surface area (Å²) in [7, 11) is -4.67. The predicted molar refractivity (Wildman–Crippen MR) is 175 cm³/mol. The maximum atomic E-state index is 8.74. The van der Waals surface area contributed by atoms with Gasteiger partial charge in [-0.1, -0.05) is 167 Å². The molecule has 0 bridgehead atoms. The van der Waals surface area contributed by atoms with Gasteiger partial charge in [0.05, 0.1) is 0 Å². The third-order valence-corrected chi connectivity index (χ3v) is 7.44. The van der Waals surface area contributed by atoms with E-state index in [0.717, 1.165) is 13.2 Å². The zero-order valence-electron chi connectivity index (χ0n) is 26.9. The third kappa shape index (κ3) is 50.4. The molecule has 0 aromatic carbocycles. The SMILES string of the molecule is CCCCCCCC/C=C\CCCCCCCCOCCCCCCCCCCCCCCCC.O=S(=O)(O)O. The molecule has 2 N–H and O–H groups in total. The normalized spacial score (nSPS) is 11.7. The van der Waals surface area contributed by atoms with Gasteiger partial charge in [-0.3, -0.25) is 9.11 Å². The van der Waals surface area contributed by atoms with Crippen LogP contribution in [0.5, 0.6) is 0 Å². The minimum atomic E-state index is -4.67. The Morgan fingerprint density at radius 3 is 0.925 bits per heavy atom. The van der Waals surface area contributed by atoms with Crippen molar-refractivity contribution in [2.45, 2.75) is 194 Å². The van der Waals surface area contributed by atoms with Gasteiger partial charge in [0.2, 0.25) is 0 Å². The molecule has 5 nitrogen and oxygen atoms in total. The minimum absolute atomic E-state index is 0.986. The first-order chi connectivity index (χ1) is 19.4. The fraction of sp³-hybridized carbons (Fsp3) is 0.941. The van der Waals surface area contributed by atoms with Crippen molar-refractivity contribution in [3.8, 4) is 0 Å². The van der Waals surface area contributed by atoms with Crippen molar-refractivity contribution in [3.63, 3.8) is 0 Å². The lowest BCUT2D eigenvalue weighted by Crippen LogP contribution is -1.97. The van der Waals surface area contributed by atoms with Crippen LogP contribution in [0.25, 0.3) is 0 Å². The van der Waals surface area contributed by atoms with Crippen LogP contribution in [0.2, 0.25) is 0 Å². The van der Waals surface area contributed by atoms with E-state index in [0.29, 0.717) is 0 Å². The summed E-state index contributed by atoms with van der Waals surface area (Å²) >= 11 is 0. The summed E-state index contributed by atoms with van der Waals surface area (Å²) in [6.45, 7) is 6.57. The monoisotopic (exact) mass is 590 g/mol. The lowest BCUT2D eigenvalue weighted by atomic mass is 10.0. The molecule has 0 spiro atoms. The molecular formula is C34H70O5S. The molecule has 40 heavy (non-hydrogen) atoms. The second kappa shape index (κ2) is 36.6. The Balaban J connectivity index is 0. The van der Waals surface area contributed by atoms with Crippen molar-refractivity contribution < 1.29 is 22.3 Å². The number of hydrogen-bond donors (Lipinski definition) is 2. The van der Waals surface area contributed by atoms with Crippen molar-refractivity contribution >= 4 is 10.4 Å². The maximum absolute atomic E-state index is 8.74. The van der Waals surface area contributed by atoms with Gasteiger partial charge in [0.15, 0.2) is 0 Å². The van der Waals surface area contributed by atoms with Crippen LogP contribution in [0.15, 0.2) is 12.2 Å². The van der Waals surface area contributed by atoms with Crippen molar-refractivity contribution in [1.82, 2.24) is 0 Å². The smallest absolute Gasteiger partial charge is 0.381 e. The first kappa shape index (κ1) is 41.7. The first-order valence-corrected chi connectivity index (χ1v) is 18.7. The lowest BCUT2D eigenvalue weighted by molar-refractivity contribution is 0.125. The van der Waals surface area contributed by atoms with Gasteiger partial charge in [0.1, 0.15) is 0 Å². The Kier molecular flexibility index (Phi) is 38.2. The van der Waals surface area contributed by atoms with Crippen LogP contribution in [-0.4, -0.2) is 30.7 Å². The van der Waals surface area contributed by atoms with Gasteiger partial charge in [-0.2, -0.15) is 8.42 Å². The van der Waals surface area contributed by atoms with E-state index in [2.05, 4.69) is 26.0 Å². The summed E-state index contributed by atoms with van der Waals surface area (Å²) < 4.78 is 37.4. The fourth-order valence-corrected chi connectivity index (χ4v) is 4.95. The molecule has 0 radical (unpaired) electrons. The van der Waals surface area contributed by atoms with Gasteiger partial charge in [-0.25, -0.2) is 0 Å². The summed E-state index contributed by atoms with van der Waals surface area (Å²) in [4.78, 5) is 0. The Hall–Kier alpha value is -0.430. The quantitative estimate of drug-likeness (QED) is 0.0476. The van der Waals surface area contributed by atoms with E-state index in [1.165, 1.54) is 180 Å². The van der Waals surface area contributed by atoms with Gasteiger partial charge >= 0.3 is 10.4 Å². The van der Waals surface area contributed by atoms with E-state index < -0.39 is 10.4 Å². The van der Waals surface area contributed by atoms with Gasteiger partial charge in [0.25, 0.3) is 0 Å². The summed E-state index contributed by atoms with van der Waals surface area (Å²) in [5.74, 6) is 0. The van der Waals surface area contributed by atoms with Gasteiger partial charge in [-0.05, 0) is 38.5 Å². The maximum Gasteiger partial charge on any atom is 0.394 e. The summed E-state index contributed by atoms with van der Waals surface area (Å²) in [5.41, 5.74) is 0. The zero-order valence-corrected chi connectivity index (χ0v) is 27.7. The number of hydrogen-bond acceptors (Lipinski definition) is 3. The Bertz CT molecular complexity index is 569. The highest BCUT2D eigenvalue weighted by Crippen LogP contribution is 2.13. The average molecular weight is 591 g/mol. The van der Waals surface area contributed by atoms with E-state index in [1.807, 2.05) is 0 Å². The Morgan fingerprint density at radius 2 is 0.650 bits per heavy atom. The van der Waals surface area contributed by atoms with Crippen LogP contribution < -0.4 is 0 Å². The number of unbranched alkanes of at least 4 members (excludes halogenated alkanes) is 25. The average Bonchev–Trinajstić information content (AvgIpc) is 2.91. The largest absolute Gasteiger partial charge is 0.394 e. The first-order valence-electron chi connectivity index (χ1n) is 17.3. The van der Waals surface area contributed by atoms with Crippen molar-refractivity contribution in [2.75, 3.05) is 13.2 Å². The van der Waals surface area contributed by atoms with Gasteiger partial charge < -0.3 is 4.74 Å². The van der Waals surface area contributed by atoms with Crippen LogP contribution >= 0.6 is 0 Å². The number of allylic oxidation sites excluding steroid dienone is 2. The number of rotatable bonds is 31. The van der Waals surface area contributed by atoms with E-state index in [4.69, 9.17) is 22.3 Å². The molecule has 0 atom stereocenters. The van der Waals surface area contributed by atoms with Crippen LogP contribution in [0.1, 0.15) is 194 Å². The Morgan fingerprint density at radius 1 is 0.425 bits per heavy atom. The highest BCUT2D eigenvalue weighted by atomic mass is 32.3. The molecule has 0 aliphatic carbocycles. The van der Waals surface area contributed by atoms with Crippen molar-refractivity contribution in [1.29, 1.82) is 0 Å². The topological polar surface area (TPSA) is 83.8 Å². The van der Waals surface area contributed by atoms with Crippen molar-refractivity contribution in [3.05, 3.63) is 12.2 Å². The highest BCUT2D eigenvalue weighted by molar-refractivity contribution is 7.79. The Labute approximate surface area is 251 Å². The summed E-state index contributed by atoms with van der Waals surface area (Å²) in [6.07, 6.45) is 44.1. The minimum Gasteiger partial charge on any atom is -0.381 e. The third-order valence-electron chi connectivity index (χ3n) is 7.44. The zero-order chi connectivity index (χ0) is 29.8. The molecular weight excluding hydrogens is 520 g/mol. The molecule has 0 amide bonds. The van der Waals surface area contributed by atoms with Crippen molar-refractivity contribution in [2.24, 2.45) is 0 Å². The second-order valence-corrected chi connectivity index (χ2v) is 12.5. The molecule has 0 saturated heterocycles. The summed E-state index contributed by atoms with van der Waals surface area (Å²) in [6, 6.07) is 0. The molecule has 0 fully saturated rings. The van der Waals surface area contributed by atoms with Gasteiger partial charge in [0, 0.05) is 13.2 Å². The molecule has 6 heteroatoms. The predicted octanol–water partition coefficient (Wildman–Crippen LogP) is 11.9. The second-order valence-electron chi connectivity index (χ2n) is 11.6. The molecule has 0 heterocycles. The number of ether oxygens (including phenoxy) is 1. The van der Waals surface area contributed by atoms with E-state index in [-0.39, 0.29) is 0 Å². The molecule has 242 valence electrons. The van der Waals surface area contributed by atoms with Crippen LogP contribution in [0.4, 0.5) is 0 Å². The van der Waals surface area contributed by atoms with E-state index in [1.54, 1.807) is 0 Å². The molecule has 0 aromatic rings. The van der Waals surface area contributed by atoms with Gasteiger partial charge in [-0.15, -0.1) is 0 Å². The lowest BCUT2D eigenvalue weighted by Gasteiger charge is -2.05.